The molecule has 442 valence electrons. The van der Waals surface area contributed by atoms with E-state index in [0.29, 0.717) is 116 Å². The largest absolute Gasteiger partial charge is 0.507 e. The topological polar surface area (TPSA) is 258 Å². The van der Waals surface area contributed by atoms with Crippen molar-refractivity contribution in [2.45, 2.75) is 66.6 Å². The number of phenols is 2. The summed E-state index contributed by atoms with van der Waals surface area (Å²) >= 11 is 19.9. The van der Waals surface area contributed by atoms with Gasteiger partial charge in [0.2, 0.25) is 0 Å². The maximum absolute atomic E-state index is 12.8. The van der Waals surface area contributed by atoms with Crippen LogP contribution in [0.2, 0.25) is 0 Å². The van der Waals surface area contributed by atoms with E-state index in [1.54, 1.807) is 36.9 Å². The molecule has 8 aromatic rings. The van der Waals surface area contributed by atoms with Crippen molar-refractivity contribution >= 4 is 174 Å². The van der Waals surface area contributed by atoms with Crippen LogP contribution in [0, 0.1) is 27.7 Å². The molecule has 3 aliphatic heterocycles. The summed E-state index contributed by atoms with van der Waals surface area (Å²) in [6.45, 7) is 20.1. The summed E-state index contributed by atoms with van der Waals surface area (Å²) in [4.78, 5) is 90.6. The molecule has 0 atom stereocenters. The third-order valence-corrected chi connectivity index (χ3v) is 19.9. The zero-order valence-electron chi connectivity index (χ0n) is 46.4. The summed E-state index contributed by atoms with van der Waals surface area (Å²) in [5.41, 5.74) is 4.31. The van der Waals surface area contributed by atoms with Crippen LogP contribution in [0.5, 0.6) is 11.5 Å². The van der Waals surface area contributed by atoms with Crippen LogP contribution < -0.4 is 5.46 Å². The highest BCUT2D eigenvalue weighted by Crippen LogP contribution is 2.38. The number of aromatic hydroxyl groups is 2. The number of benzene rings is 4. The van der Waals surface area contributed by atoms with E-state index in [-0.39, 0.29) is 28.9 Å². The molecule has 3 N–H and O–H groups in total. The van der Waals surface area contributed by atoms with E-state index >= 15 is 0 Å². The van der Waals surface area contributed by atoms with Crippen LogP contribution in [0.1, 0.15) is 110 Å². The standard InChI is InChI=1S/C20H18N2O4S.C17H19BO4.C9H11BrN2O2S.C5H3BrClNOS.C5H4BrNO2S/c1-12-18(20(25)22-6-8-26-9-7-22)27-19(21-12)14-2-4-15-13(10-14)3-5-17(24)16(15)11-23;1-16(2)17(3,4)22-18(21-16)12-6-7-13-11(9-12)5-8-15(20)14(13)10-19;1-6-7(15-9(10)11-6)8(13)12-2-4-14-5-3-12;1-2-3(4(7)9)10-5(6)8-2;1-2-3(4(8)9)10-5(6)7-2/h2-5,10-11,24H,6-9H2,1H3;5-10,20H,1-4H3;2-5H2,1H3;1H3;1H3,(H,8,9). The van der Waals surface area contributed by atoms with Gasteiger partial charge in [-0.25, -0.2) is 24.7 Å². The monoisotopic (exact) mass is 1430 g/mol. The zero-order valence-corrected chi connectivity index (χ0v) is 55.2. The lowest BCUT2D eigenvalue weighted by atomic mass is 9.78. The number of morpholine rings is 2. The van der Waals surface area contributed by atoms with Gasteiger partial charge < -0.3 is 43.9 Å². The van der Waals surface area contributed by atoms with E-state index < -0.39 is 29.5 Å². The number of amides is 2. The Morgan fingerprint density at radius 1 is 0.583 bits per heavy atom. The van der Waals surface area contributed by atoms with Crippen LogP contribution in [0.3, 0.4) is 0 Å². The molecule has 7 heterocycles. The minimum Gasteiger partial charge on any atom is -0.507 e. The normalized spacial score (nSPS) is 15.1. The number of aromatic carboxylic acids is 1. The molecule has 0 unspecified atom stereocenters. The number of halogens is 4. The van der Waals surface area contributed by atoms with E-state index in [4.69, 9.17) is 35.5 Å². The van der Waals surface area contributed by atoms with Gasteiger partial charge in [-0.2, -0.15) is 0 Å². The van der Waals surface area contributed by atoms with Gasteiger partial charge in [0.1, 0.15) is 36.0 Å². The number of fused-ring (bicyclic) bond motifs is 2. The summed E-state index contributed by atoms with van der Waals surface area (Å²) in [5, 5.41) is 31.5. The van der Waals surface area contributed by atoms with Crippen LogP contribution in [0.25, 0.3) is 32.1 Å². The average molecular weight is 1430 g/mol. The first-order valence-electron chi connectivity index (χ1n) is 25.5. The van der Waals surface area contributed by atoms with Gasteiger partial charge >= 0.3 is 13.1 Å². The number of aryl methyl sites for hydroxylation is 4. The molecule has 2 amide bonds. The molecule has 0 aliphatic carbocycles. The molecule has 0 spiro atoms. The second-order valence-corrected chi connectivity index (χ2v) is 27.9. The van der Waals surface area contributed by atoms with Gasteiger partial charge in [-0.15, -0.1) is 34.0 Å². The van der Waals surface area contributed by atoms with E-state index in [1.165, 1.54) is 46.1 Å². The quantitative estimate of drug-likeness (QED) is 0.0726. The summed E-state index contributed by atoms with van der Waals surface area (Å²) in [6, 6.07) is 17.8. The fourth-order valence-corrected chi connectivity index (χ4v) is 14.0. The number of phenolic OH excluding ortho intramolecular Hbond substituents is 2. The lowest BCUT2D eigenvalue weighted by molar-refractivity contribution is 0.00578. The van der Waals surface area contributed by atoms with E-state index in [2.05, 4.69) is 67.7 Å². The van der Waals surface area contributed by atoms with Gasteiger partial charge in [-0.05, 0) is 160 Å². The van der Waals surface area contributed by atoms with Crippen LogP contribution in [-0.2, 0) is 18.8 Å². The first-order chi connectivity index (χ1) is 39.7. The number of hydrogen-bond acceptors (Lipinski definition) is 20. The van der Waals surface area contributed by atoms with E-state index in [0.717, 1.165) is 58.0 Å². The third-order valence-electron chi connectivity index (χ3n) is 13.6. The molecule has 4 aromatic heterocycles. The molecule has 0 bridgehead atoms. The van der Waals surface area contributed by atoms with Crippen molar-refractivity contribution in [1.82, 2.24) is 29.7 Å². The molecule has 4 aromatic carbocycles. The van der Waals surface area contributed by atoms with E-state index in [1.807, 2.05) is 76.8 Å². The second kappa shape index (κ2) is 28.8. The lowest BCUT2D eigenvalue weighted by Crippen LogP contribution is -2.41. The van der Waals surface area contributed by atoms with Gasteiger partial charge in [-0.1, -0.05) is 53.8 Å². The van der Waals surface area contributed by atoms with Crippen LogP contribution in [0.15, 0.2) is 72.4 Å². The Balaban J connectivity index is 0.000000159. The smallest absolute Gasteiger partial charge is 0.494 e. The number of hydrogen-bond donors (Lipinski definition) is 3. The summed E-state index contributed by atoms with van der Waals surface area (Å²) in [6.07, 6.45) is 1.33. The molecule has 84 heavy (non-hydrogen) atoms. The fraction of sp³-hybridized carbons (Fsp3) is 0.321. The number of aromatic nitrogens is 4. The number of aldehydes is 2. The van der Waals surface area contributed by atoms with Gasteiger partial charge in [-0.3, -0.25) is 24.0 Å². The SMILES string of the molecule is CC1(C)OB(c2ccc3c(C=O)c(O)ccc3c2)OC1(C)C.Cc1nc(-c2ccc3c(C=O)c(O)ccc3c2)sc1C(=O)N1CCOCC1.Cc1nc(Br)sc1C(=O)Cl.Cc1nc(Br)sc1C(=O)N1CCOCC1.Cc1nc(Br)sc1C(=O)O. The van der Waals surface area contributed by atoms with Gasteiger partial charge in [0.25, 0.3) is 17.1 Å². The molecular formula is C56H55BBr3ClN6O13S4. The van der Waals surface area contributed by atoms with Crippen molar-refractivity contribution in [1.29, 1.82) is 0 Å². The van der Waals surface area contributed by atoms with Crippen LogP contribution in [0.4, 0.5) is 0 Å². The Hall–Kier alpha value is -5.43. The maximum atomic E-state index is 12.8. The molecule has 28 heteroatoms. The van der Waals surface area contributed by atoms with Gasteiger partial charge in [0.05, 0.1) is 71.5 Å². The van der Waals surface area contributed by atoms with E-state index in [9.17, 15) is 39.0 Å². The molecular weight excluding hydrogens is 1380 g/mol. The predicted octanol–water partition coefficient (Wildman–Crippen LogP) is 12.1. The molecule has 3 fully saturated rings. The molecule has 3 aliphatic rings. The fourth-order valence-electron chi connectivity index (χ4n) is 8.42. The Morgan fingerprint density at radius 2 is 0.988 bits per heavy atom. The zero-order chi connectivity index (χ0) is 61.4. The highest BCUT2D eigenvalue weighted by molar-refractivity contribution is 9.11. The molecule has 0 radical (unpaired) electrons. The van der Waals surface area contributed by atoms with Gasteiger partial charge in [0.15, 0.2) is 24.3 Å². The number of nitrogens with zero attached hydrogens (tertiary/aromatic N) is 6. The van der Waals surface area contributed by atoms with Crippen molar-refractivity contribution in [2.24, 2.45) is 0 Å². The number of carbonyl (C=O) groups excluding carboxylic acids is 5. The predicted molar refractivity (Wildman–Crippen MR) is 338 cm³/mol. The minimum absolute atomic E-state index is 0.00602. The van der Waals surface area contributed by atoms with Crippen molar-refractivity contribution in [3.63, 3.8) is 0 Å². The number of carbonyl (C=O) groups is 6. The number of carboxylic acid groups (broad SMARTS) is 1. The first kappa shape index (κ1) is 66.1. The second-order valence-electron chi connectivity index (χ2n) is 19.7. The van der Waals surface area contributed by atoms with Crippen molar-refractivity contribution < 1.29 is 62.9 Å². The Bertz CT molecular complexity index is 3700. The molecule has 11 rings (SSSR count). The Kier molecular flexibility index (Phi) is 22.7. The van der Waals surface area contributed by atoms with Crippen molar-refractivity contribution in [3.8, 4) is 22.1 Å². The van der Waals surface area contributed by atoms with Crippen LogP contribution >= 0.6 is 105 Å². The number of rotatable bonds is 8. The number of thiazole rings is 4. The Morgan fingerprint density at radius 3 is 1.38 bits per heavy atom. The van der Waals surface area contributed by atoms with Crippen molar-refractivity contribution in [2.75, 3.05) is 52.6 Å². The summed E-state index contributed by atoms with van der Waals surface area (Å²) < 4.78 is 24.7. The van der Waals surface area contributed by atoms with Gasteiger partial charge in [0, 0.05) is 31.7 Å². The third kappa shape index (κ3) is 16.0. The van der Waals surface area contributed by atoms with Crippen LogP contribution in [-0.4, -0.2) is 152 Å². The molecule has 3 saturated heterocycles. The average Bonchev–Trinajstić information content (AvgIpc) is 3.78. The highest BCUT2D eigenvalue weighted by Gasteiger charge is 2.51. The Labute approximate surface area is 529 Å². The number of carboxylic acids is 1. The number of ether oxygens (including phenoxy) is 2. The first-order valence-corrected chi connectivity index (χ1v) is 31.6. The maximum Gasteiger partial charge on any atom is 0.494 e. The minimum atomic E-state index is -0.916. The highest BCUT2D eigenvalue weighted by atomic mass is 79.9. The summed E-state index contributed by atoms with van der Waals surface area (Å²) in [5.74, 6) is -0.896. The summed E-state index contributed by atoms with van der Waals surface area (Å²) in [7, 11) is -0.442. The molecule has 0 saturated carbocycles. The molecule has 19 nitrogen and oxygen atoms in total. The van der Waals surface area contributed by atoms with Crippen molar-refractivity contribution in [3.05, 3.63) is 126 Å². The lowest BCUT2D eigenvalue weighted by Gasteiger charge is -2.32.